The molecular weight excluding hydrogens is 665 g/mol. The number of hydrogen-bond donors (Lipinski definition) is 3. The van der Waals surface area contributed by atoms with Crippen LogP contribution in [0.3, 0.4) is 0 Å². The third-order valence-corrected chi connectivity index (χ3v) is 7.97. The van der Waals surface area contributed by atoms with Crippen LogP contribution in [-0.2, 0) is 46.2 Å². The molecule has 2 amide bonds. The van der Waals surface area contributed by atoms with Crippen molar-refractivity contribution in [2.24, 2.45) is 0 Å². The number of esters is 1. The Labute approximate surface area is 289 Å². The van der Waals surface area contributed by atoms with Gasteiger partial charge in [0.25, 0.3) is 5.91 Å². The van der Waals surface area contributed by atoms with E-state index in [0.29, 0.717) is 93.6 Å². The van der Waals surface area contributed by atoms with Crippen molar-refractivity contribution in [2.45, 2.75) is 46.3 Å². The number of aromatic amines is 1. The number of alkyl carbamates (subject to hydrolysis) is 1. The average molecular weight is 709 g/mol. The largest absolute Gasteiger partial charge is 0.456 e. The number of benzene rings is 1. The van der Waals surface area contributed by atoms with E-state index < -0.39 is 17.7 Å². The van der Waals surface area contributed by atoms with Crippen LogP contribution in [0, 0.1) is 0 Å². The monoisotopic (exact) mass is 707 g/mol. The molecule has 13 nitrogen and oxygen atoms in total. The molecule has 0 radical (unpaired) electrons. The number of anilines is 1. The van der Waals surface area contributed by atoms with Crippen molar-refractivity contribution in [3.8, 4) is 11.1 Å². The van der Waals surface area contributed by atoms with Crippen LogP contribution >= 0.6 is 23.2 Å². The highest BCUT2D eigenvalue weighted by Crippen LogP contribution is 2.42. The smallest absolute Gasteiger partial charge is 0.407 e. The van der Waals surface area contributed by atoms with Crippen molar-refractivity contribution in [1.82, 2.24) is 20.2 Å². The zero-order valence-corrected chi connectivity index (χ0v) is 29.2. The van der Waals surface area contributed by atoms with Crippen LogP contribution in [0.25, 0.3) is 22.0 Å². The molecule has 0 saturated heterocycles. The molecule has 0 aliphatic carbocycles. The molecule has 262 valence electrons. The molecule has 0 atom stereocenters. The quantitative estimate of drug-likeness (QED) is 0.137. The van der Waals surface area contributed by atoms with E-state index in [9.17, 15) is 14.4 Å². The van der Waals surface area contributed by atoms with E-state index in [1.807, 2.05) is 39.0 Å². The van der Waals surface area contributed by atoms with Crippen LogP contribution in [-0.4, -0.2) is 104 Å². The van der Waals surface area contributed by atoms with Gasteiger partial charge in [-0.3, -0.25) is 9.59 Å². The number of hydrogen-bond acceptors (Lipinski definition) is 10. The van der Waals surface area contributed by atoms with Gasteiger partial charge in [-0.2, -0.15) is 0 Å². The van der Waals surface area contributed by atoms with E-state index in [-0.39, 0.29) is 12.5 Å². The number of carbonyl (C=O) groups is 3. The number of fused-ring (bicyclic) bond motifs is 3. The number of nitrogens with zero attached hydrogens (tertiary/aromatic N) is 2. The molecule has 0 unspecified atom stereocenters. The molecule has 1 aromatic carbocycles. The second kappa shape index (κ2) is 17.7. The second-order valence-corrected chi connectivity index (χ2v) is 12.8. The van der Waals surface area contributed by atoms with Crippen LogP contribution in [0.1, 0.15) is 39.0 Å². The van der Waals surface area contributed by atoms with Crippen molar-refractivity contribution in [2.75, 3.05) is 71.2 Å². The Balaban J connectivity index is 1.19. The van der Waals surface area contributed by atoms with Crippen molar-refractivity contribution < 1.29 is 38.1 Å². The number of rotatable bonds is 16. The maximum Gasteiger partial charge on any atom is 0.407 e. The summed E-state index contributed by atoms with van der Waals surface area (Å²) in [5.74, 6) is -0.0674. The number of pyridine rings is 1. The normalized spacial score (nSPS) is 12.9. The highest BCUT2D eigenvalue weighted by Gasteiger charge is 2.27. The summed E-state index contributed by atoms with van der Waals surface area (Å²) in [5.41, 5.74) is 3.80. The third-order valence-electron chi connectivity index (χ3n) is 7.18. The highest BCUT2D eigenvalue weighted by atomic mass is 35.5. The Kier molecular flexibility index (Phi) is 13.7. The number of H-pyrrole nitrogens is 1. The summed E-state index contributed by atoms with van der Waals surface area (Å²) in [6.07, 6.45) is 1.90. The van der Waals surface area contributed by atoms with E-state index in [1.165, 1.54) is 6.92 Å². The molecule has 1 aliphatic rings. The predicted molar refractivity (Wildman–Crippen MR) is 182 cm³/mol. The second-order valence-electron chi connectivity index (χ2n) is 12.0. The van der Waals surface area contributed by atoms with Crippen molar-refractivity contribution in [3.05, 3.63) is 45.7 Å². The first-order valence-corrected chi connectivity index (χ1v) is 16.5. The Morgan fingerprint density at radius 2 is 1.69 bits per heavy atom. The molecular formula is C33H43Cl2N5O8. The van der Waals surface area contributed by atoms with Crippen molar-refractivity contribution in [3.63, 3.8) is 0 Å². The number of halogens is 2. The van der Waals surface area contributed by atoms with Gasteiger partial charge in [-0.05, 0) is 44.5 Å². The van der Waals surface area contributed by atoms with E-state index in [0.717, 1.165) is 27.8 Å². The number of aromatic nitrogens is 2. The number of ether oxygens (including phenoxy) is 5. The molecule has 2 aromatic heterocycles. The lowest BCUT2D eigenvalue weighted by atomic mass is 9.97. The van der Waals surface area contributed by atoms with Gasteiger partial charge in [0.1, 0.15) is 11.4 Å². The van der Waals surface area contributed by atoms with Crippen LogP contribution in [0.4, 0.5) is 10.6 Å². The van der Waals surface area contributed by atoms with Crippen LogP contribution in [0.2, 0.25) is 10.0 Å². The summed E-state index contributed by atoms with van der Waals surface area (Å²) >= 11 is 13.1. The fraction of sp³-hybridized carbons (Fsp3) is 0.515. The fourth-order valence-electron chi connectivity index (χ4n) is 5.02. The van der Waals surface area contributed by atoms with Gasteiger partial charge >= 0.3 is 12.1 Å². The molecule has 0 spiro atoms. The molecule has 3 N–H and O–H groups in total. The van der Waals surface area contributed by atoms with Gasteiger partial charge in [0.05, 0.1) is 55.2 Å². The van der Waals surface area contributed by atoms with Crippen LogP contribution in [0.15, 0.2) is 24.4 Å². The topological polar surface area (TPSA) is 153 Å². The Bertz CT molecular complexity index is 1560. The maximum atomic E-state index is 12.7. The van der Waals surface area contributed by atoms with Gasteiger partial charge < -0.3 is 44.2 Å². The number of carbonyl (C=O) groups excluding carboxylic acids is 3. The summed E-state index contributed by atoms with van der Waals surface area (Å²) in [5, 5.41) is 7.58. The first kappa shape index (κ1) is 37.2. The Hall–Kier alpha value is -3.62. The van der Waals surface area contributed by atoms with Gasteiger partial charge in [-0.25, -0.2) is 9.78 Å². The SMILES string of the molecule is CC(=O)OCC(=O)N1CCc2[nH]c3c(Cl)c(Cl)cc(-c4ccc(NCCOCCOCCOCCNC(=O)OC(C)(C)C)nc4)c3c2C1. The van der Waals surface area contributed by atoms with E-state index in [4.69, 9.17) is 46.9 Å². The average Bonchev–Trinajstić information content (AvgIpc) is 3.42. The van der Waals surface area contributed by atoms with E-state index >= 15 is 0 Å². The molecule has 0 saturated carbocycles. The first-order valence-electron chi connectivity index (χ1n) is 15.8. The molecule has 0 bridgehead atoms. The summed E-state index contributed by atoms with van der Waals surface area (Å²) in [4.78, 5) is 45.1. The zero-order valence-electron chi connectivity index (χ0n) is 27.7. The molecule has 15 heteroatoms. The molecule has 3 heterocycles. The first-order chi connectivity index (χ1) is 22.9. The van der Waals surface area contributed by atoms with Crippen molar-refractivity contribution in [1.29, 1.82) is 0 Å². The van der Waals surface area contributed by atoms with Crippen LogP contribution < -0.4 is 10.6 Å². The molecule has 1 aliphatic heterocycles. The fourth-order valence-corrected chi connectivity index (χ4v) is 5.42. The minimum atomic E-state index is -0.531. The predicted octanol–water partition coefficient (Wildman–Crippen LogP) is 4.97. The standard InChI is InChI=1S/C33H43Cl2N5O8/c1-21(41)47-20-28(42)40-10-7-26-24(19-40)29-23(17-25(34)30(35)31(29)39-26)22-5-6-27(38-18-22)36-8-11-44-13-15-46-16-14-45-12-9-37-32(43)48-33(2,3)4/h5-6,17-18,39H,7-16,19-20H2,1-4H3,(H,36,38)(H,37,43). The number of nitrogens with one attached hydrogen (secondary N) is 3. The van der Waals surface area contributed by atoms with Gasteiger partial charge in [-0.1, -0.05) is 23.2 Å². The lowest BCUT2D eigenvalue weighted by Gasteiger charge is -2.27. The summed E-state index contributed by atoms with van der Waals surface area (Å²) < 4.78 is 26.6. The minimum Gasteiger partial charge on any atom is -0.456 e. The lowest BCUT2D eigenvalue weighted by Crippen LogP contribution is -2.38. The summed E-state index contributed by atoms with van der Waals surface area (Å²) in [6, 6.07) is 5.64. The lowest BCUT2D eigenvalue weighted by molar-refractivity contribution is -0.150. The Morgan fingerprint density at radius 3 is 2.33 bits per heavy atom. The van der Waals surface area contributed by atoms with Gasteiger partial charge in [0.15, 0.2) is 6.61 Å². The highest BCUT2D eigenvalue weighted by molar-refractivity contribution is 6.45. The maximum absolute atomic E-state index is 12.7. The zero-order chi connectivity index (χ0) is 34.7. The summed E-state index contributed by atoms with van der Waals surface area (Å²) in [7, 11) is 0. The Morgan fingerprint density at radius 1 is 1.00 bits per heavy atom. The molecule has 4 rings (SSSR count). The van der Waals surface area contributed by atoms with Crippen molar-refractivity contribution >= 4 is 57.9 Å². The minimum absolute atomic E-state index is 0.256. The molecule has 3 aromatic rings. The van der Waals surface area contributed by atoms with E-state index in [2.05, 4.69) is 20.6 Å². The van der Waals surface area contributed by atoms with E-state index in [1.54, 1.807) is 11.1 Å². The van der Waals surface area contributed by atoms with Gasteiger partial charge in [-0.15, -0.1) is 0 Å². The van der Waals surface area contributed by atoms with Gasteiger partial charge in [0, 0.05) is 67.9 Å². The molecule has 48 heavy (non-hydrogen) atoms. The summed E-state index contributed by atoms with van der Waals surface area (Å²) in [6.45, 7) is 10.7. The third kappa shape index (κ3) is 11.0. The van der Waals surface area contributed by atoms with Gasteiger partial charge in [0.2, 0.25) is 0 Å². The molecule has 0 fully saturated rings. The number of amides is 2. The van der Waals surface area contributed by atoms with Crippen LogP contribution in [0.5, 0.6) is 0 Å².